The number of amidine groups is 1. The van der Waals surface area contributed by atoms with Crippen molar-refractivity contribution in [1.82, 2.24) is 4.98 Å². The van der Waals surface area contributed by atoms with Crippen molar-refractivity contribution in [3.05, 3.63) is 77.4 Å². The summed E-state index contributed by atoms with van der Waals surface area (Å²) in [7, 11) is 0. The molecule has 0 fully saturated rings. The molecule has 0 radical (unpaired) electrons. The summed E-state index contributed by atoms with van der Waals surface area (Å²) in [6, 6.07) is 14.8. The molecule has 2 aliphatic heterocycles. The van der Waals surface area contributed by atoms with Crippen LogP contribution in [0.25, 0.3) is 11.1 Å². The van der Waals surface area contributed by atoms with Crippen LogP contribution in [0, 0.1) is 23.2 Å². The fourth-order valence-corrected chi connectivity index (χ4v) is 3.92. The molecule has 0 aliphatic carbocycles. The van der Waals surface area contributed by atoms with E-state index in [1.807, 2.05) is 36.4 Å². The van der Waals surface area contributed by atoms with E-state index in [1.54, 1.807) is 6.07 Å². The summed E-state index contributed by atoms with van der Waals surface area (Å²) in [5.41, 5.74) is 9.21. The van der Waals surface area contributed by atoms with Gasteiger partial charge >= 0.3 is 0 Å². The van der Waals surface area contributed by atoms with Gasteiger partial charge in [-0.25, -0.2) is 9.98 Å². The standard InChI is InChI=1S/C26H22FN3O2/c1-25(2,3)11-10-16-4-7-21-19(12-16)26(15-31-24(28)30-26)20-13-17(5-8-22(20)32-21)18-6-9-23(27)29-14-18/h4-9,12-14H,15H2,1-3H3,(H2,28,30)/t26-/m1/s1. The second kappa shape index (κ2) is 7.10. The number of hydrogen-bond donors (Lipinski definition) is 1. The fraction of sp³-hybridized carbons (Fsp3) is 0.231. The Kier molecular flexibility index (Phi) is 4.45. The van der Waals surface area contributed by atoms with E-state index in [9.17, 15) is 4.39 Å². The van der Waals surface area contributed by atoms with Gasteiger partial charge in [0.05, 0.1) is 0 Å². The average molecular weight is 427 g/mol. The molecule has 3 heterocycles. The predicted molar refractivity (Wildman–Crippen MR) is 121 cm³/mol. The minimum absolute atomic E-state index is 0.117. The van der Waals surface area contributed by atoms with E-state index < -0.39 is 11.5 Å². The van der Waals surface area contributed by atoms with Crippen molar-refractivity contribution < 1.29 is 13.9 Å². The Morgan fingerprint density at radius 2 is 1.72 bits per heavy atom. The van der Waals surface area contributed by atoms with Crippen LogP contribution in [-0.4, -0.2) is 17.6 Å². The zero-order valence-electron chi connectivity index (χ0n) is 18.1. The number of pyridine rings is 1. The molecule has 1 atom stereocenters. The highest BCUT2D eigenvalue weighted by molar-refractivity contribution is 5.78. The molecule has 6 heteroatoms. The Bertz CT molecular complexity index is 1310. The second-order valence-electron chi connectivity index (χ2n) is 8.99. The lowest BCUT2D eigenvalue weighted by Crippen LogP contribution is -2.31. The Hall–Kier alpha value is -3.85. The number of benzene rings is 2. The van der Waals surface area contributed by atoms with Crippen LogP contribution in [0.4, 0.5) is 4.39 Å². The van der Waals surface area contributed by atoms with Gasteiger partial charge in [0.15, 0.2) is 5.54 Å². The van der Waals surface area contributed by atoms with Crippen molar-refractivity contribution in [2.75, 3.05) is 6.61 Å². The van der Waals surface area contributed by atoms with Crippen LogP contribution in [0.5, 0.6) is 11.5 Å². The third-order valence-electron chi connectivity index (χ3n) is 5.44. The monoisotopic (exact) mass is 427 g/mol. The van der Waals surface area contributed by atoms with Crippen LogP contribution in [-0.2, 0) is 10.3 Å². The highest BCUT2D eigenvalue weighted by Gasteiger charge is 2.47. The van der Waals surface area contributed by atoms with E-state index in [0.29, 0.717) is 11.5 Å². The summed E-state index contributed by atoms with van der Waals surface area (Å²) >= 11 is 0. The molecule has 1 spiro atoms. The van der Waals surface area contributed by atoms with Crippen LogP contribution >= 0.6 is 0 Å². The Morgan fingerprint density at radius 3 is 2.38 bits per heavy atom. The Morgan fingerprint density at radius 1 is 1.00 bits per heavy atom. The Labute approximate surface area is 186 Å². The highest BCUT2D eigenvalue weighted by atomic mass is 19.1. The topological polar surface area (TPSA) is 69.7 Å². The van der Waals surface area contributed by atoms with Crippen LogP contribution < -0.4 is 10.5 Å². The maximum atomic E-state index is 13.3. The average Bonchev–Trinajstić information content (AvgIpc) is 3.15. The highest BCUT2D eigenvalue weighted by Crippen LogP contribution is 2.51. The van der Waals surface area contributed by atoms with Gasteiger partial charge in [-0.3, -0.25) is 0 Å². The lowest BCUT2D eigenvalue weighted by atomic mass is 9.80. The van der Waals surface area contributed by atoms with E-state index in [1.165, 1.54) is 12.3 Å². The van der Waals surface area contributed by atoms with Crippen molar-refractivity contribution in [2.45, 2.75) is 26.3 Å². The molecule has 2 aliphatic rings. The van der Waals surface area contributed by atoms with Crippen LogP contribution in [0.3, 0.4) is 0 Å². The predicted octanol–water partition coefficient (Wildman–Crippen LogP) is 4.98. The number of nitrogens with zero attached hydrogens (tertiary/aromatic N) is 2. The van der Waals surface area contributed by atoms with Crippen molar-refractivity contribution in [3.63, 3.8) is 0 Å². The fourth-order valence-electron chi connectivity index (χ4n) is 3.92. The number of hydrogen-bond acceptors (Lipinski definition) is 5. The maximum Gasteiger partial charge on any atom is 0.283 e. The van der Waals surface area contributed by atoms with Gasteiger partial charge in [-0.2, -0.15) is 4.39 Å². The summed E-state index contributed by atoms with van der Waals surface area (Å²) in [6.07, 6.45) is 1.50. The Balaban J connectivity index is 1.67. The molecule has 0 saturated heterocycles. The van der Waals surface area contributed by atoms with Crippen molar-refractivity contribution in [2.24, 2.45) is 16.1 Å². The van der Waals surface area contributed by atoms with Crippen molar-refractivity contribution >= 4 is 6.02 Å². The zero-order chi connectivity index (χ0) is 22.5. The van der Waals surface area contributed by atoms with E-state index in [-0.39, 0.29) is 18.0 Å². The molecule has 5 nitrogen and oxygen atoms in total. The molecule has 0 amide bonds. The second-order valence-corrected chi connectivity index (χ2v) is 8.99. The summed E-state index contributed by atoms with van der Waals surface area (Å²) in [6.45, 7) is 6.46. The summed E-state index contributed by atoms with van der Waals surface area (Å²) in [5, 5.41) is 0. The lowest BCUT2D eigenvalue weighted by molar-refractivity contribution is 0.264. The molecule has 2 aromatic carbocycles. The third-order valence-corrected chi connectivity index (χ3v) is 5.44. The molecule has 0 unspecified atom stereocenters. The molecule has 2 N–H and O–H groups in total. The van der Waals surface area contributed by atoms with E-state index in [2.05, 4.69) is 37.6 Å². The molecular formula is C26H22FN3O2. The largest absolute Gasteiger partial charge is 0.462 e. The first-order valence-electron chi connectivity index (χ1n) is 10.3. The van der Waals surface area contributed by atoms with Crippen LogP contribution in [0.15, 0.2) is 59.7 Å². The molecule has 1 aromatic heterocycles. The first-order chi connectivity index (χ1) is 15.2. The van der Waals surface area contributed by atoms with Crippen molar-refractivity contribution in [1.29, 1.82) is 0 Å². The SMILES string of the molecule is CC(C)(C)C#Cc1ccc2c(c1)[C@]1(COC(N)=N1)c1cc(-c3ccc(F)nc3)ccc1O2. The van der Waals surface area contributed by atoms with Gasteiger partial charge in [0.25, 0.3) is 6.02 Å². The summed E-state index contributed by atoms with van der Waals surface area (Å²) in [5.74, 6) is 7.36. The number of halogens is 1. The normalized spacial score (nSPS) is 18.6. The molecule has 0 bridgehead atoms. The number of aromatic nitrogens is 1. The molecule has 0 saturated carbocycles. The lowest BCUT2D eigenvalue weighted by Gasteiger charge is -2.33. The summed E-state index contributed by atoms with van der Waals surface area (Å²) in [4.78, 5) is 8.50. The summed E-state index contributed by atoms with van der Waals surface area (Å²) < 4.78 is 25.2. The van der Waals surface area contributed by atoms with Gasteiger partial charge in [0.1, 0.15) is 18.1 Å². The number of fused-ring (bicyclic) bond motifs is 4. The smallest absolute Gasteiger partial charge is 0.283 e. The minimum Gasteiger partial charge on any atom is -0.462 e. The molecule has 160 valence electrons. The quantitative estimate of drug-likeness (QED) is 0.439. The van der Waals surface area contributed by atoms with Gasteiger partial charge < -0.3 is 15.2 Å². The molecule has 5 rings (SSSR count). The number of ether oxygens (including phenoxy) is 2. The first kappa shape index (κ1) is 20.1. The number of aliphatic imine (C=N–C) groups is 1. The molecular weight excluding hydrogens is 405 g/mol. The minimum atomic E-state index is -0.851. The molecule has 32 heavy (non-hydrogen) atoms. The number of rotatable bonds is 1. The van der Waals surface area contributed by atoms with E-state index in [4.69, 9.17) is 20.2 Å². The van der Waals surface area contributed by atoms with Gasteiger partial charge in [-0.15, -0.1) is 0 Å². The van der Waals surface area contributed by atoms with Gasteiger partial charge in [-0.1, -0.05) is 17.9 Å². The van der Waals surface area contributed by atoms with Crippen LogP contribution in [0.1, 0.15) is 37.5 Å². The zero-order valence-corrected chi connectivity index (χ0v) is 18.1. The first-order valence-corrected chi connectivity index (χ1v) is 10.3. The van der Waals surface area contributed by atoms with E-state index in [0.717, 1.165) is 27.8 Å². The molecule has 3 aromatic rings. The maximum absolute atomic E-state index is 13.3. The third kappa shape index (κ3) is 3.46. The van der Waals surface area contributed by atoms with Gasteiger partial charge in [0.2, 0.25) is 5.95 Å². The van der Waals surface area contributed by atoms with Gasteiger partial charge in [0, 0.05) is 33.9 Å². The van der Waals surface area contributed by atoms with Crippen molar-refractivity contribution in [3.8, 4) is 34.5 Å². The number of nitrogens with two attached hydrogens (primary N) is 1. The van der Waals surface area contributed by atoms with Gasteiger partial charge in [-0.05, 0) is 68.8 Å². The van der Waals surface area contributed by atoms with Crippen LogP contribution in [0.2, 0.25) is 0 Å². The van der Waals surface area contributed by atoms with E-state index >= 15 is 0 Å².